The number of nitrogens with zero attached hydrogens (tertiary/aromatic N) is 1. The van der Waals surface area contributed by atoms with Crippen LogP contribution in [0.4, 0.5) is 0 Å². The first-order valence-corrected chi connectivity index (χ1v) is 8.78. The van der Waals surface area contributed by atoms with Gasteiger partial charge in [-0.05, 0) is 44.8 Å². The van der Waals surface area contributed by atoms with Crippen LogP contribution >= 0.6 is 23.4 Å². The number of carbonyl (C=O) groups is 1. The first kappa shape index (κ1) is 18.5. The maximum Gasteiger partial charge on any atom is 0.491 e. The van der Waals surface area contributed by atoms with Crippen LogP contribution < -0.4 is 0 Å². The highest BCUT2D eigenvalue weighted by atomic mass is 35.5. The fourth-order valence-electron chi connectivity index (χ4n) is 2.06. The van der Waals surface area contributed by atoms with Gasteiger partial charge in [-0.25, -0.2) is 0 Å². The molecule has 0 atom stereocenters. The van der Waals surface area contributed by atoms with E-state index in [0.717, 1.165) is 11.0 Å². The SMILES string of the molecule is CC(=O)SCC(=Cc1ccncc1Cl)B1OC(C)(C)C(C)(C)O1. The Morgan fingerprint density at radius 1 is 1.35 bits per heavy atom. The van der Waals surface area contributed by atoms with E-state index in [9.17, 15) is 4.79 Å². The molecule has 0 aliphatic carbocycles. The number of thioether (sulfide) groups is 1. The molecular formula is C16H21BClNO3S. The predicted molar refractivity (Wildman–Crippen MR) is 96.4 cm³/mol. The molecule has 0 radical (unpaired) electrons. The summed E-state index contributed by atoms with van der Waals surface area (Å²) in [6.07, 6.45) is 5.19. The van der Waals surface area contributed by atoms with Gasteiger partial charge < -0.3 is 9.31 Å². The van der Waals surface area contributed by atoms with Crippen LogP contribution in [-0.2, 0) is 14.1 Å². The Morgan fingerprint density at radius 2 is 1.96 bits per heavy atom. The van der Waals surface area contributed by atoms with Gasteiger partial charge in [-0.3, -0.25) is 9.78 Å². The van der Waals surface area contributed by atoms with E-state index in [0.29, 0.717) is 10.8 Å². The number of rotatable bonds is 4. The van der Waals surface area contributed by atoms with Crippen molar-refractivity contribution in [2.45, 2.75) is 45.8 Å². The number of halogens is 1. The molecule has 1 saturated heterocycles. The largest absolute Gasteiger partial charge is 0.491 e. The summed E-state index contributed by atoms with van der Waals surface area (Å²) in [5.74, 6) is 0.491. The lowest BCUT2D eigenvalue weighted by Crippen LogP contribution is -2.41. The average Bonchev–Trinajstić information content (AvgIpc) is 2.65. The zero-order chi connectivity index (χ0) is 17.3. The number of hydrogen-bond donors (Lipinski definition) is 0. The van der Waals surface area contributed by atoms with Crippen LogP contribution in [0.2, 0.25) is 5.02 Å². The Morgan fingerprint density at radius 3 is 2.48 bits per heavy atom. The Hall–Kier alpha value is -0.815. The summed E-state index contributed by atoms with van der Waals surface area (Å²) in [5, 5.41) is 0.600. The third kappa shape index (κ3) is 4.38. The lowest BCUT2D eigenvalue weighted by molar-refractivity contribution is -0.109. The Bertz CT molecular complexity index is 618. The van der Waals surface area contributed by atoms with E-state index >= 15 is 0 Å². The monoisotopic (exact) mass is 353 g/mol. The van der Waals surface area contributed by atoms with Crippen molar-refractivity contribution in [1.82, 2.24) is 4.98 Å². The summed E-state index contributed by atoms with van der Waals surface area (Å²) in [7, 11) is -0.504. The highest BCUT2D eigenvalue weighted by Crippen LogP contribution is 2.39. The molecular weight excluding hydrogens is 333 g/mol. The number of hydrogen-bond acceptors (Lipinski definition) is 5. The van der Waals surface area contributed by atoms with E-state index in [4.69, 9.17) is 20.9 Å². The lowest BCUT2D eigenvalue weighted by Gasteiger charge is -2.32. The molecule has 0 unspecified atom stereocenters. The minimum atomic E-state index is -0.504. The van der Waals surface area contributed by atoms with Crippen LogP contribution in [0.3, 0.4) is 0 Å². The topological polar surface area (TPSA) is 48.4 Å². The molecule has 0 aromatic carbocycles. The Labute approximate surface area is 147 Å². The maximum absolute atomic E-state index is 11.4. The van der Waals surface area contributed by atoms with E-state index in [1.54, 1.807) is 19.3 Å². The molecule has 2 heterocycles. The van der Waals surface area contributed by atoms with Crippen LogP contribution in [0.15, 0.2) is 23.9 Å². The van der Waals surface area contributed by atoms with Crippen molar-refractivity contribution in [2.75, 3.05) is 5.75 Å². The maximum atomic E-state index is 11.4. The summed E-state index contributed by atoms with van der Waals surface area (Å²) in [6.45, 7) is 9.56. The molecule has 0 N–H and O–H groups in total. The van der Waals surface area contributed by atoms with Crippen LogP contribution in [0.1, 0.15) is 40.2 Å². The Balaban J connectivity index is 2.32. The van der Waals surface area contributed by atoms with Gasteiger partial charge in [-0.2, -0.15) is 0 Å². The lowest BCUT2D eigenvalue weighted by atomic mass is 9.78. The van der Waals surface area contributed by atoms with E-state index in [1.807, 2.05) is 39.8 Å². The van der Waals surface area contributed by atoms with Gasteiger partial charge >= 0.3 is 7.12 Å². The molecule has 1 aliphatic rings. The molecule has 1 aliphatic heterocycles. The van der Waals surface area contributed by atoms with Gasteiger partial charge in [0.05, 0.1) is 16.2 Å². The van der Waals surface area contributed by atoms with Crippen molar-refractivity contribution < 1.29 is 14.1 Å². The zero-order valence-corrected chi connectivity index (χ0v) is 15.6. The fourth-order valence-corrected chi connectivity index (χ4v) is 2.82. The minimum Gasteiger partial charge on any atom is -0.400 e. The van der Waals surface area contributed by atoms with Gasteiger partial charge in [0.2, 0.25) is 0 Å². The van der Waals surface area contributed by atoms with Gasteiger partial charge in [-0.1, -0.05) is 29.4 Å². The third-order valence-corrected chi connectivity index (χ3v) is 5.34. The predicted octanol–water partition coefficient (Wildman–Crippen LogP) is 4.03. The van der Waals surface area contributed by atoms with Crippen molar-refractivity contribution in [1.29, 1.82) is 0 Å². The summed E-state index contributed by atoms with van der Waals surface area (Å²) in [4.78, 5) is 15.3. The molecule has 0 saturated carbocycles. The molecule has 124 valence electrons. The zero-order valence-electron chi connectivity index (χ0n) is 14.1. The van der Waals surface area contributed by atoms with Crippen molar-refractivity contribution in [3.05, 3.63) is 34.5 Å². The van der Waals surface area contributed by atoms with E-state index in [-0.39, 0.29) is 5.12 Å². The van der Waals surface area contributed by atoms with E-state index in [1.165, 1.54) is 11.8 Å². The second-order valence-electron chi connectivity index (χ2n) is 6.48. The molecule has 1 aromatic heterocycles. The first-order chi connectivity index (χ1) is 10.6. The molecule has 1 fully saturated rings. The molecule has 2 rings (SSSR count). The molecule has 23 heavy (non-hydrogen) atoms. The summed E-state index contributed by atoms with van der Waals surface area (Å²) in [5.41, 5.74) is 0.840. The van der Waals surface area contributed by atoms with Crippen LogP contribution in [0.5, 0.6) is 0 Å². The van der Waals surface area contributed by atoms with E-state index in [2.05, 4.69) is 4.98 Å². The van der Waals surface area contributed by atoms with Gasteiger partial charge in [0.1, 0.15) is 0 Å². The van der Waals surface area contributed by atoms with Crippen LogP contribution in [0.25, 0.3) is 6.08 Å². The fraction of sp³-hybridized carbons (Fsp3) is 0.500. The second kappa shape index (κ2) is 6.97. The number of aromatic nitrogens is 1. The summed E-state index contributed by atoms with van der Waals surface area (Å²) in [6, 6.07) is 1.83. The van der Waals surface area contributed by atoms with Crippen molar-refractivity contribution >= 4 is 41.7 Å². The quantitative estimate of drug-likeness (QED) is 0.765. The molecule has 0 amide bonds. The van der Waals surface area contributed by atoms with Crippen molar-refractivity contribution in [3.63, 3.8) is 0 Å². The van der Waals surface area contributed by atoms with Crippen molar-refractivity contribution in [3.8, 4) is 0 Å². The highest BCUT2D eigenvalue weighted by Gasteiger charge is 2.52. The third-order valence-electron chi connectivity index (χ3n) is 4.14. The smallest absolute Gasteiger partial charge is 0.400 e. The molecule has 1 aromatic rings. The molecule has 7 heteroatoms. The van der Waals surface area contributed by atoms with Crippen molar-refractivity contribution in [2.24, 2.45) is 0 Å². The van der Waals surface area contributed by atoms with Crippen LogP contribution in [0, 0.1) is 0 Å². The average molecular weight is 354 g/mol. The summed E-state index contributed by atoms with van der Waals surface area (Å²) >= 11 is 7.41. The molecule has 0 bridgehead atoms. The van der Waals surface area contributed by atoms with Gasteiger partial charge in [0.15, 0.2) is 5.12 Å². The second-order valence-corrected chi connectivity index (χ2v) is 8.04. The van der Waals surface area contributed by atoms with Gasteiger partial charge in [0.25, 0.3) is 0 Å². The first-order valence-electron chi connectivity index (χ1n) is 7.41. The standard InChI is InChI=1S/C16H21BClNO3S/c1-11(20)23-10-13(8-12-6-7-19-9-14(12)18)17-21-15(2,3)16(4,5)22-17/h6-9H,10H2,1-5H3. The molecule has 4 nitrogen and oxygen atoms in total. The number of carbonyl (C=O) groups excluding carboxylic acids is 1. The number of pyridine rings is 1. The normalized spacial score (nSPS) is 19.9. The minimum absolute atomic E-state index is 0.0493. The van der Waals surface area contributed by atoms with E-state index < -0.39 is 18.3 Å². The van der Waals surface area contributed by atoms with Gasteiger partial charge in [-0.15, -0.1) is 0 Å². The Kier molecular flexibility index (Phi) is 5.61. The van der Waals surface area contributed by atoms with Crippen LogP contribution in [-0.4, -0.2) is 34.2 Å². The highest BCUT2D eigenvalue weighted by molar-refractivity contribution is 8.13. The summed E-state index contributed by atoms with van der Waals surface area (Å²) < 4.78 is 12.2. The van der Waals surface area contributed by atoms with Gasteiger partial charge in [0, 0.05) is 25.1 Å². The molecule has 0 spiro atoms.